The number of hydrogen-bond acceptors (Lipinski definition) is 2. The summed E-state index contributed by atoms with van der Waals surface area (Å²) in [6.07, 6.45) is 4.96. The minimum absolute atomic E-state index is 0.0613. The van der Waals surface area contributed by atoms with Gasteiger partial charge in [0, 0.05) is 18.9 Å². The second-order valence-corrected chi connectivity index (χ2v) is 4.06. The summed E-state index contributed by atoms with van der Waals surface area (Å²) in [5.74, 6) is 0.562. The Morgan fingerprint density at radius 2 is 2.57 bits per heavy atom. The Balaban J connectivity index is 2.12. The number of nitriles is 1. The molecule has 2 unspecified atom stereocenters. The molecule has 1 N–H and O–H groups in total. The number of nitrogens with one attached hydrogen (secondary N) is 1. The van der Waals surface area contributed by atoms with Crippen LogP contribution in [0.15, 0.2) is 18.5 Å². The molecule has 0 aromatic carbocycles. The van der Waals surface area contributed by atoms with Crippen molar-refractivity contribution in [1.29, 1.82) is 5.26 Å². The van der Waals surface area contributed by atoms with Gasteiger partial charge in [0.15, 0.2) is 0 Å². The Labute approximate surface area is 84.3 Å². The second-order valence-electron chi connectivity index (χ2n) is 4.06. The van der Waals surface area contributed by atoms with E-state index >= 15 is 0 Å². The van der Waals surface area contributed by atoms with E-state index in [1.54, 1.807) is 0 Å². The van der Waals surface area contributed by atoms with Crippen LogP contribution in [0.3, 0.4) is 0 Å². The number of likely N-dealkylation sites (tertiary alicyclic amines) is 1. The van der Waals surface area contributed by atoms with Crippen LogP contribution in [-0.2, 0) is 0 Å². The molecule has 1 aliphatic rings. The van der Waals surface area contributed by atoms with Crippen molar-refractivity contribution in [3.63, 3.8) is 0 Å². The van der Waals surface area contributed by atoms with Gasteiger partial charge < -0.3 is 9.88 Å². The van der Waals surface area contributed by atoms with Crippen molar-refractivity contribution in [3.8, 4) is 6.07 Å². The molecule has 0 amide bonds. The molecule has 3 heteroatoms. The minimum Gasteiger partial charge on any atom is -0.367 e. The first-order chi connectivity index (χ1) is 6.81. The molecule has 1 fully saturated rings. The predicted octanol–water partition coefficient (Wildman–Crippen LogP) is 1.57. The zero-order valence-corrected chi connectivity index (χ0v) is 8.40. The number of H-pyrrole nitrogens is 1. The van der Waals surface area contributed by atoms with Crippen molar-refractivity contribution in [3.05, 3.63) is 24.0 Å². The largest absolute Gasteiger partial charge is 0.367 e. The molecule has 1 aromatic rings. The summed E-state index contributed by atoms with van der Waals surface area (Å²) in [4.78, 5) is 5.31. The third-order valence-corrected chi connectivity index (χ3v) is 3.02. The smallest absolute Gasteiger partial charge is 0.0768 e. The first kappa shape index (κ1) is 9.29. The minimum atomic E-state index is 0.0613. The summed E-state index contributed by atoms with van der Waals surface area (Å²) < 4.78 is 0. The normalized spacial score (nSPS) is 24.7. The quantitative estimate of drug-likeness (QED) is 0.767. The highest BCUT2D eigenvalue weighted by molar-refractivity contribution is 5.23. The predicted molar refractivity (Wildman–Crippen MR) is 54.8 cm³/mol. The zero-order valence-electron chi connectivity index (χ0n) is 8.40. The topological polar surface area (TPSA) is 42.8 Å². The molecule has 2 rings (SSSR count). The van der Waals surface area contributed by atoms with Gasteiger partial charge in [-0.1, -0.05) is 0 Å². The molecule has 0 bridgehead atoms. The van der Waals surface area contributed by atoms with Crippen LogP contribution in [0.25, 0.3) is 0 Å². The van der Waals surface area contributed by atoms with Crippen LogP contribution in [0.5, 0.6) is 0 Å². The summed E-state index contributed by atoms with van der Waals surface area (Å²) in [5.41, 5.74) is 1.13. The van der Waals surface area contributed by atoms with E-state index in [0.717, 1.165) is 25.1 Å². The van der Waals surface area contributed by atoms with Gasteiger partial charge in [-0.2, -0.15) is 5.26 Å². The Kier molecular flexibility index (Phi) is 2.55. The molecule has 0 radical (unpaired) electrons. The number of rotatable bonds is 2. The Morgan fingerprint density at radius 3 is 3.07 bits per heavy atom. The third-order valence-electron chi connectivity index (χ3n) is 3.02. The number of aromatic amines is 1. The molecule has 14 heavy (non-hydrogen) atoms. The van der Waals surface area contributed by atoms with E-state index in [9.17, 15) is 0 Å². The van der Waals surface area contributed by atoms with Gasteiger partial charge in [-0.3, -0.25) is 0 Å². The molecule has 2 heterocycles. The standard InChI is InChI=1S/C11H15N3/c1-14-5-3-10(8-14)11(6-12)9-2-4-13-7-9/h2,4,7,10-11,13H,3,5,8H2,1H3. The maximum Gasteiger partial charge on any atom is 0.0768 e. The number of nitrogens with zero attached hydrogens (tertiary/aromatic N) is 2. The lowest BCUT2D eigenvalue weighted by Gasteiger charge is -2.15. The van der Waals surface area contributed by atoms with Crippen molar-refractivity contribution >= 4 is 0 Å². The van der Waals surface area contributed by atoms with Crippen LogP contribution in [-0.4, -0.2) is 30.0 Å². The lowest BCUT2D eigenvalue weighted by Crippen LogP contribution is -2.17. The van der Waals surface area contributed by atoms with Gasteiger partial charge in [0.05, 0.1) is 12.0 Å². The Morgan fingerprint density at radius 1 is 1.71 bits per heavy atom. The van der Waals surface area contributed by atoms with Gasteiger partial charge in [0.2, 0.25) is 0 Å². The molecule has 1 saturated heterocycles. The van der Waals surface area contributed by atoms with E-state index in [1.165, 1.54) is 0 Å². The molecule has 1 aromatic heterocycles. The number of aromatic nitrogens is 1. The van der Waals surface area contributed by atoms with Gasteiger partial charge >= 0.3 is 0 Å². The van der Waals surface area contributed by atoms with Crippen molar-refractivity contribution in [1.82, 2.24) is 9.88 Å². The van der Waals surface area contributed by atoms with Gasteiger partial charge in [-0.05, 0) is 37.6 Å². The second kappa shape index (κ2) is 3.85. The van der Waals surface area contributed by atoms with Crippen LogP contribution < -0.4 is 0 Å². The Bertz CT molecular complexity index is 323. The van der Waals surface area contributed by atoms with E-state index in [4.69, 9.17) is 5.26 Å². The molecular weight excluding hydrogens is 174 g/mol. The monoisotopic (exact) mass is 189 g/mol. The van der Waals surface area contributed by atoms with E-state index in [1.807, 2.05) is 18.5 Å². The Hall–Kier alpha value is -1.27. The van der Waals surface area contributed by atoms with Crippen LogP contribution in [0.2, 0.25) is 0 Å². The van der Waals surface area contributed by atoms with Gasteiger partial charge in [0.1, 0.15) is 0 Å². The fourth-order valence-corrected chi connectivity index (χ4v) is 2.22. The molecular formula is C11H15N3. The van der Waals surface area contributed by atoms with E-state index in [-0.39, 0.29) is 5.92 Å². The molecule has 1 aliphatic heterocycles. The highest BCUT2D eigenvalue weighted by Gasteiger charge is 2.28. The molecule has 0 spiro atoms. The lowest BCUT2D eigenvalue weighted by atomic mass is 9.88. The summed E-state index contributed by atoms with van der Waals surface area (Å²) in [6, 6.07) is 4.43. The maximum atomic E-state index is 9.16. The summed E-state index contributed by atoms with van der Waals surface area (Å²) in [6.45, 7) is 2.16. The molecule has 2 atom stereocenters. The summed E-state index contributed by atoms with van der Waals surface area (Å²) in [5, 5.41) is 9.16. The molecule has 0 aliphatic carbocycles. The zero-order chi connectivity index (χ0) is 9.97. The average Bonchev–Trinajstić information content (AvgIpc) is 2.79. The molecule has 3 nitrogen and oxygen atoms in total. The molecule has 74 valence electrons. The SMILES string of the molecule is CN1CCC(C(C#N)c2cc[nH]c2)C1. The third kappa shape index (κ3) is 1.66. The van der Waals surface area contributed by atoms with Gasteiger partial charge in [0.25, 0.3) is 0 Å². The first-order valence-corrected chi connectivity index (χ1v) is 5.02. The molecule has 0 saturated carbocycles. The summed E-state index contributed by atoms with van der Waals surface area (Å²) in [7, 11) is 2.12. The fraction of sp³-hybridized carbons (Fsp3) is 0.545. The van der Waals surface area contributed by atoms with Crippen LogP contribution >= 0.6 is 0 Å². The average molecular weight is 189 g/mol. The van der Waals surface area contributed by atoms with Crippen molar-refractivity contribution in [2.45, 2.75) is 12.3 Å². The van der Waals surface area contributed by atoms with Crippen LogP contribution in [0, 0.1) is 17.2 Å². The van der Waals surface area contributed by atoms with Gasteiger partial charge in [-0.25, -0.2) is 0 Å². The first-order valence-electron chi connectivity index (χ1n) is 5.02. The van der Waals surface area contributed by atoms with E-state index < -0.39 is 0 Å². The van der Waals surface area contributed by atoms with E-state index in [2.05, 4.69) is 23.0 Å². The van der Waals surface area contributed by atoms with Crippen molar-refractivity contribution in [2.75, 3.05) is 20.1 Å². The number of hydrogen-bond donors (Lipinski definition) is 1. The fourth-order valence-electron chi connectivity index (χ4n) is 2.22. The van der Waals surface area contributed by atoms with Gasteiger partial charge in [-0.15, -0.1) is 0 Å². The van der Waals surface area contributed by atoms with E-state index in [0.29, 0.717) is 5.92 Å². The van der Waals surface area contributed by atoms with Crippen molar-refractivity contribution in [2.24, 2.45) is 5.92 Å². The highest BCUT2D eigenvalue weighted by Crippen LogP contribution is 2.30. The summed E-state index contributed by atoms with van der Waals surface area (Å²) >= 11 is 0. The van der Waals surface area contributed by atoms with Crippen LogP contribution in [0.1, 0.15) is 17.9 Å². The lowest BCUT2D eigenvalue weighted by molar-refractivity contribution is 0.387. The van der Waals surface area contributed by atoms with Crippen molar-refractivity contribution < 1.29 is 0 Å². The van der Waals surface area contributed by atoms with Crippen LogP contribution in [0.4, 0.5) is 0 Å². The maximum absolute atomic E-state index is 9.16. The highest BCUT2D eigenvalue weighted by atomic mass is 15.1.